The summed E-state index contributed by atoms with van der Waals surface area (Å²) in [5, 5.41) is 3.92. The second kappa shape index (κ2) is 11.1. The van der Waals surface area contributed by atoms with Gasteiger partial charge in [-0.15, -0.1) is 12.4 Å². The van der Waals surface area contributed by atoms with Gasteiger partial charge in [0, 0.05) is 23.7 Å². The van der Waals surface area contributed by atoms with Gasteiger partial charge in [0.25, 0.3) is 0 Å². The molecule has 0 spiro atoms. The average molecular weight is 404 g/mol. The van der Waals surface area contributed by atoms with Crippen LogP contribution in [-0.2, 0) is 11.2 Å². The Balaban J connectivity index is 0.00000312. The number of nitrogen functional groups attached to an aromatic ring is 1. The fraction of sp³-hybridized carbons (Fsp3) is 0.278. The minimum absolute atomic E-state index is 0. The SMILES string of the molecule is Cl.Nc1ccc(CCNC(=O)CCCOc2ccc(Cl)cc2Cl)cc1. The lowest BCUT2D eigenvalue weighted by molar-refractivity contribution is -0.121. The summed E-state index contributed by atoms with van der Waals surface area (Å²) in [7, 11) is 0. The first-order valence-electron chi connectivity index (χ1n) is 7.73. The average Bonchev–Trinajstić information content (AvgIpc) is 2.55. The Morgan fingerprint density at radius 2 is 1.84 bits per heavy atom. The standard InChI is InChI=1S/C18H20Cl2N2O2.ClH/c19-14-5-8-17(16(20)12-14)24-11-1-2-18(23)22-10-9-13-3-6-15(21)7-4-13;/h3-8,12H,1-2,9-11,21H2,(H,22,23);1H. The molecule has 0 saturated carbocycles. The number of carbonyl (C=O) groups is 1. The molecule has 0 bridgehead atoms. The molecule has 136 valence electrons. The predicted molar refractivity (Wildman–Crippen MR) is 106 cm³/mol. The van der Waals surface area contributed by atoms with Crippen LogP contribution in [0.5, 0.6) is 5.75 Å². The number of ether oxygens (including phenoxy) is 1. The van der Waals surface area contributed by atoms with E-state index in [1.165, 1.54) is 0 Å². The largest absolute Gasteiger partial charge is 0.492 e. The van der Waals surface area contributed by atoms with Gasteiger partial charge in [-0.05, 0) is 48.7 Å². The van der Waals surface area contributed by atoms with E-state index in [0.717, 1.165) is 17.7 Å². The molecule has 0 aliphatic heterocycles. The van der Waals surface area contributed by atoms with E-state index in [0.29, 0.717) is 41.8 Å². The number of benzene rings is 2. The molecular weight excluding hydrogens is 383 g/mol. The second-order valence-corrected chi connectivity index (χ2v) is 6.21. The molecule has 4 nitrogen and oxygen atoms in total. The molecule has 0 aromatic heterocycles. The van der Waals surface area contributed by atoms with Crippen molar-refractivity contribution in [2.24, 2.45) is 0 Å². The van der Waals surface area contributed by atoms with Crippen LogP contribution in [0.25, 0.3) is 0 Å². The van der Waals surface area contributed by atoms with Crippen LogP contribution in [0.15, 0.2) is 42.5 Å². The first kappa shape index (κ1) is 21.4. The molecule has 0 radical (unpaired) electrons. The van der Waals surface area contributed by atoms with Crippen molar-refractivity contribution >= 4 is 47.2 Å². The van der Waals surface area contributed by atoms with Crippen LogP contribution in [0.1, 0.15) is 18.4 Å². The summed E-state index contributed by atoms with van der Waals surface area (Å²) in [6.07, 6.45) is 1.81. The number of anilines is 1. The number of amides is 1. The van der Waals surface area contributed by atoms with E-state index in [1.807, 2.05) is 24.3 Å². The lowest BCUT2D eigenvalue weighted by Crippen LogP contribution is -2.25. The van der Waals surface area contributed by atoms with Crippen LogP contribution in [-0.4, -0.2) is 19.1 Å². The van der Waals surface area contributed by atoms with Crippen molar-refractivity contribution in [2.45, 2.75) is 19.3 Å². The maximum Gasteiger partial charge on any atom is 0.220 e. The number of nitrogens with two attached hydrogens (primary N) is 1. The summed E-state index contributed by atoms with van der Waals surface area (Å²) < 4.78 is 5.54. The van der Waals surface area contributed by atoms with Crippen LogP contribution in [0, 0.1) is 0 Å². The Morgan fingerprint density at radius 3 is 2.52 bits per heavy atom. The maximum atomic E-state index is 11.8. The molecule has 2 aromatic carbocycles. The van der Waals surface area contributed by atoms with E-state index in [9.17, 15) is 4.79 Å². The third kappa shape index (κ3) is 7.86. The summed E-state index contributed by atoms with van der Waals surface area (Å²) in [5.74, 6) is 0.584. The number of carbonyl (C=O) groups excluding carboxylic acids is 1. The van der Waals surface area contributed by atoms with Crippen molar-refractivity contribution in [3.05, 3.63) is 58.1 Å². The Morgan fingerprint density at radius 1 is 1.12 bits per heavy atom. The Labute approximate surface area is 164 Å². The fourth-order valence-electron chi connectivity index (χ4n) is 2.13. The molecule has 2 rings (SSSR count). The summed E-state index contributed by atoms with van der Waals surface area (Å²) in [4.78, 5) is 11.8. The zero-order valence-corrected chi connectivity index (χ0v) is 16.0. The highest BCUT2D eigenvalue weighted by Gasteiger charge is 2.04. The van der Waals surface area contributed by atoms with Crippen LogP contribution in [0.4, 0.5) is 5.69 Å². The third-order valence-electron chi connectivity index (χ3n) is 3.42. The molecule has 3 N–H and O–H groups in total. The minimum Gasteiger partial charge on any atom is -0.492 e. The van der Waals surface area contributed by atoms with Crippen molar-refractivity contribution in [3.8, 4) is 5.75 Å². The number of hydrogen-bond donors (Lipinski definition) is 2. The highest BCUT2D eigenvalue weighted by atomic mass is 35.5. The lowest BCUT2D eigenvalue weighted by atomic mass is 10.1. The summed E-state index contributed by atoms with van der Waals surface area (Å²) in [6, 6.07) is 12.7. The summed E-state index contributed by atoms with van der Waals surface area (Å²) in [6.45, 7) is 1.03. The molecule has 0 aliphatic rings. The van der Waals surface area contributed by atoms with Gasteiger partial charge in [-0.3, -0.25) is 4.79 Å². The van der Waals surface area contributed by atoms with Crippen LogP contribution < -0.4 is 15.8 Å². The van der Waals surface area contributed by atoms with E-state index in [2.05, 4.69) is 5.32 Å². The molecule has 0 saturated heterocycles. The Bertz CT molecular complexity index is 679. The van der Waals surface area contributed by atoms with Crippen molar-refractivity contribution in [3.63, 3.8) is 0 Å². The highest BCUT2D eigenvalue weighted by Crippen LogP contribution is 2.27. The normalized spacial score (nSPS) is 10.0. The van der Waals surface area contributed by atoms with Crippen molar-refractivity contribution in [2.75, 3.05) is 18.9 Å². The van der Waals surface area contributed by atoms with Gasteiger partial charge < -0.3 is 15.8 Å². The smallest absolute Gasteiger partial charge is 0.220 e. The number of hydrogen-bond acceptors (Lipinski definition) is 3. The monoisotopic (exact) mass is 402 g/mol. The molecule has 0 fully saturated rings. The predicted octanol–water partition coefficient (Wildman–Crippen LogP) is 4.52. The topological polar surface area (TPSA) is 64.3 Å². The van der Waals surface area contributed by atoms with Crippen LogP contribution >= 0.6 is 35.6 Å². The van der Waals surface area contributed by atoms with E-state index in [-0.39, 0.29) is 18.3 Å². The number of halogens is 3. The molecule has 0 atom stereocenters. The molecule has 0 unspecified atom stereocenters. The number of rotatable bonds is 8. The molecular formula is C18H21Cl3N2O2. The Hall–Kier alpha value is -1.62. The van der Waals surface area contributed by atoms with Crippen molar-refractivity contribution in [1.29, 1.82) is 0 Å². The van der Waals surface area contributed by atoms with E-state index in [4.69, 9.17) is 33.7 Å². The van der Waals surface area contributed by atoms with Gasteiger partial charge in [0.15, 0.2) is 0 Å². The van der Waals surface area contributed by atoms with Gasteiger partial charge in [0.2, 0.25) is 5.91 Å². The van der Waals surface area contributed by atoms with Crippen LogP contribution in [0.2, 0.25) is 10.0 Å². The highest BCUT2D eigenvalue weighted by molar-refractivity contribution is 6.35. The van der Waals surface area contributed by atoms with Gasteiger partial charge in [-0.2, -0.15) is 0 Å². The Kier molecular flexibility index (Phi) is 9.50. The molecule has 7 heteroatoms. The minimum atomic E-state index is 0. The van der Waals surface area contributed by atoms with Gasteiger partial charge in [0.1, 0.15) is 5.75 Å². The van der Waals surface area contributed by atoms with Gasteiger partial charge in [0.05, 0.1) is 11.6 Å². The first-order valence-corrected chi connectivity index (χ1v) is 8.49. The van der Waals surface area contributed by atoms with E-state index >= 15 is 0 Å². The lowest BCUT2D eigenvalue weighted by Gasteiger charge is -2.09. The third-order valence-corrected chi connectivity index (χ3v) is 3.95. The van der Waals surface area contributed by atoms with E-state index < -0.39 is 0 Å². The first-order chi connectivity index (χ1) is 11.5. The van der Waals surface area contributed by atoms with Crippen molar-refractivity contribution < 1.29 is 9.53 Å². The molecule has 0 heterocycles. The maximum absolute atomic E-state index is 11.8. The zero-order valence-electron chi connectivity index (χ0n) is 13.6. The number of nitrogens with one attached hydrogen (secondary N) is 1. The van der Waals surface area contributed by atoms with Gasteiger partial charge in [-0.25, -0.2) is 0 Å². The summed E-state index contributed by atoms with van der Waals surface area (Å²) >= 11 is 11.8. The van der Waals surface area contributed by atoms with Gasteiger partial charge in [-0.1, -0.05) is 35.3 Å². The fourth-order valence-corrected chi connectivity index (χ4v) is 2.59. The molecule has 0 aliphatic carbocycles. The van der Waals surface area contributed by atoms with Crippen molar-refractivity contribution in [1.82, 2.24) is 5.32 Å². The van der Waals surface area contributed by atoms with Gasteiger partial charge >= 0.3 is 0 Å². The zero-order chi connectivity index (χ0) is 17.4. The van der Waals surface area contributed by atoms with Crippen LogP contribution in [0.3, 0.4) is 0 Å². The second-order valence-electron chi connectivity index (χ2n) is 5.37. The van der Waals surface area contributed by atoms with E-state index in [1.54, 1.807) is 18.2 Å². The molecule has 2 aromatic rings. The summed E-state index contributed by atoms with van der Waals surface area (Å²) in [5.41, 5.74) is 7.52. The molecule has 1 amide bonds. The quantitative estimate of drug-likeness (QED) is 0.503. The molecule has 25 heavy (non-hydrogen) atoms.